The maximum Gasteiger partial charge on any atom is 0.0707 e. The minimum Gasteiger partial charge on any atom is -0.372 e. The molecule has 1 saturated carbocycles. The molecule has 1 aliphatic carbocycles. The van der Waals surface area contributed by atoms with Gasteiger partial charge in [-0.1, -0.05) is 0 Å². The second-order valence-corrected chi connectivity index (χ2v) is 6.56. The van der Waals surface area contributed by atoms with Crippen LogP contribution >= 0.6 is 0 Å². The van der Waals surface area contributed by atoms with Gasteiger partial charge in [0.1, 0.15) is 0 Å². The molecule has 0 bridgehead atoms. The van der Waals surface area contributed by atoms with Crippen LogP contribution in [0.2, 0.25) is 0 Å². The van der Waals surface area contributed by atoms with Crippen LogP contribution in [0.3, 0.4) is 0 Å². The summed E-state index contributed by atoms with van der Waals surface area (Å²) < 4.78 is 6.12. The zero-order valence-electron chi connectivity index (χ0n) is 12.9. The SMILES string of the molecule is CN(C)CCCN(C)CC1CCC(CNC2CC2)O1. The van der Waals surface area contributed by atoms with Crippen molar-refractivity contribution in [3.05, 3.63) is 0 Å². The van der Waals surface area contributed by atoms with E-state index < -0.39 is 0 Å². The second-order valence-electron chi connectivity index (χ2n) is 6.56. The molecule has 4 nitrogen and oxygen atoms in total. The number of rotatable bonds is 9. The van der Waals surface area contributed by atoms with Crippen LogP contribution in [0.5, 0.6) is 0 Å². The van der Waals surface area contributed by atoms with Crippen LogP contribution in [0.25, 0.3) is 0 Å². The van der Waals surface area contributed by atoms with E-state index in [4.69, 9.17) is 4.74 Å². The fourth-order valence-corrected chi connectivity index (χ4v) is 2.75. The summed E-state index contributed by atoms with van der Waals surface area (Å²) in [6.45, 7) is 4.49. The van der Waals surface area contributed by atoms with Gasteiger partial charge in [-0.3, -0.25) is 0 Å². The molecule has 19 heavy (non-hydrogen) atoms. The molecule has 2 aliphatic rings. The number of likely N-dealkylation sites (N-methyl/N-ethyl adjacent to an activating group) is 1. The zero-order valence-corrected chi connectivity index (χ0v) is 12.9. The summed E-state index contributed by atoms with van der Waals surface area (Å²) in [7, 11) is 6.49. The Bertz CT molecular complexity index is 256. The summed E-state index contributed by atoms with van der Waals surface area (Å²) in [5.41, 5.74) is 0. The molecule has 2 unspecified atom stereocenters. The van der Waals surface area contributed by atoms with Crippen molar-refractivity contribution >= 4 is 0 Å². The molecule has 1 heterocycles. The van der Waals surface area contributed by atoms with Crippen molar-refractivity contribution in [2.75, 3.05) is 47.3 Å². The summed E-state index contributed by atoms with van der Waals surface area (Å²) in [6, 6.07) is 0.802. The first kappa shape index (κ1) is 15.2. The van der Waals surface area contributed by atoms with Crippen molar-refractivity contribution in [3.63, 3.8) is 0 Å². The summed E-state index contributed by atoms with van der Waals surface area (Å²) in [4.78, 5) is 4.67. The number of nitrogens with one attached hydrogen (secondary N) is 1. The molecule has 112 valence electrons. The minimum absolute atomic E-state index is 0.454. The Morgan fingerprint density at radius 2 is 1.74 bits per heavy atom. The van der Waals surface area contributed by atoms with Crippen molar-refractivity contribution in [1.82, 2.24) is 15.1 Å². The quantitative estimate of drug-likeness (QED) is 0.680. The van der Waals surface area contributed by atoms with Crippen molar-refractivity contribution in [2.45, 2.75) is 50.4 Å². The van der Waals surface area contributed by atoms with Gasteiger partial charge in [0.25, 0.3) is 0 Å². The van der Waals surface area contributed by atoms with E-state index in [1.165, 1.54) is 45.2 Å². The lowest BCUT2D eigenvalue weighted by Crippen LogP contribution is -2.33. The molecule has 2 fully saturated rings. The van der Waals surface area contributed by atoms with E-state index in [2.05, 4.69) is 36.3 Å². The molecule has 0 aromatic heterocycles. The largest absolute Gasteiger partial charge is 0.372 e. The van der Waals surface area contributed by atoms with Gasteiger partial charge < -0.3 is 19.9 Å². The van der Waals surface area contributed by atoms with Crippen molar-refractivity contribution < 1.29 is 4.74 Å². The monoisotopic (exact) mass is 269 g/mol. The van der Waals surface area contributed by atoms with Crippen LogP contribution in [-0.2, 0) is 4.74 Å². The van der Waals surface area contributed by atoms with Crippen molar-refractivity contribution in [3.8, 4) is 0 Å². The van der Waals surface area contributed by atoms with Gasteiger partial charge in [-0.25, -0.2) is 0 Å². The molecule has 0 aromatic rings. The van der Waals surface area contributed by atoms with Gasteiger partial charge in [-0.05, 0) is 66.3 Å². The van der Waals surface area contributed by atoms with Crippen LogP contribution < -0.4 is 5.32 Å². The molecule has 0 spiro atoms. The molecular formula is C15H31N3O. The molecule has 0 aromatic carbocycles. The average Bonchev–Trinajstić information content (AvgIpc) is 3.07. The first-order valence-electron chi connectivity index (χ1n) is 7.85. The summed E-state index contributed by atoms with van der Waals surface area (Å²) in [5.74, 6) is 0. The normalized spacial score (nSPS) is 27.6. The fraction of sp³-hybridized carbons (Fsp3) is 1.00. The van der Waals surface area contributed by atoms with E-state index in [0.29, 0.717) is 12.2 Å². The summed E-state index contributed by atoms with van der Waals surface area (Å²) in [6.07, 6.45) is 7.35. The number of hydrogen-bond acceptors (Lipinski definition) is 4. The standard InChI is InChI=1S/C15H31N3O/c1-17(2)9-4-10-18(3)12-15-8-7-14(19-15)11-16-13-5-6-13/h13-16H,4-12H2,1-3H3. The van der Waals surface area contributed by atoms with Crippen LogP contribution in [0, 0.1) is 0 Å². The Morgan fingerprint density at radius 3 is 2.42 bits per heavy atom. The van der Waals surface area contributed by atoms with Gasteiger partial charge in [0.15, 0.2) is 0 Å². The van der Waals surface area contributed by atoms with Crippen LogP contribution in [0.4, 0.5) is 0 Å². The molecule has 0 amide bonds. The molecule has 1 aliphatic heterocycles. The highest BCUT2D eigenvalue weighted by molar-refractivity contribution is 4.84. The average molecular weight is 269 g/mol. The Balaban J connectivity index is 1.53. The maximum absolute atomic E-state index is 6.12. The fourth-order valence-electron chi connectivity index (χ4n) is 2.75. The van der Waals surface area contributed by atoms with E-state index in [1.54, 1.807) is 0 Å². The first-order valence-corrected chi connectivity index (χ1v) is 7.85. The Kier molecular flexibility index (Phi) is 6.07. The minimum atomic E-state index is 0.454. The molecule has 2 atom stereocenters. The number of ether oxygens (including phenoxy) is 1. The lowest BCUT2D eigenvalue weighted by Gasteiger charge is -2.22. The van der Waals surface area contributed by atoms with Gasteiger partial charge in [0.05, 0.1) is 12.2 Å². The van der Waals surface area contributed by atoms with Crippen molar-refractivity contribution in [1.29, 1.82) is 0 Å². The highest BCUT2D eigenvalue weighted by atomic mass is 16.5. The van der Waals surface area contributed by atoms with E-state index in [1.807, 2.05) is 0 Å². The summed E-state index contributed by atoms with van der Waals surface area (Å²) in [5, 5.41) is 3.58. The second kappa shape index (κ2) is 7.58. The lowest BCUT2D eigenvalue weighted by atomic mass is 10.2. The van der Waals surface area contributed by atoms with Crippen LogP contribution in [0.1, 0.15) is 32.1 Å². The zero-order chi connectivity index (χ0) is 13.7. The molecule has 4 heteroatoms. The van der Waals surface area contributed by atoms with E-state index in [9.17, 15) is 0 Å². The van der Waals surface area contributed by atoms with Gasteiger partial charge in [0, 0.05) is 19.1 Å². The van der Waals surface area contributed by atoms with Crippen LogP contribution in [-0.4, -0.2) is 75.4 Å². The molecule has 2 rings (SSSR count). The highest BCUT2D eigenvalue weighted by Gasteiger charge is 2.28. The smallest absolute Gasteiger partial charge is 0.0707 e. The number of hydrogen-bond donors (Lipinski definition) is 1. The third-order valence-electron chi connectivity index (χ3n) is 4.07. The third-order valence-corrected chi connectivity index (χ3v) is 4.07. The molecule has 0 radical (unpaired) electrons. The lowest BCUT2D eigenvalue weighted by molar-refractivity contribution is 0.0274. The Morgan fingerprint density at radius 1 is 1.00 bits per heavy atom. The molecule has 1 N–H and O–H groups in total. The predicted octanol–water partition coefficient (Wildman–Crippen LogP) is 1.17. The van der Waals surface area contributed by atoms with E-state index >= 15 is 0 Å². The van der Waals surface area contributed by atoms with Gasteiger partial charge >= 0.3 is 0 Å². The summed E-state index contributed by atoms with van der Waals surface area (Å²) >= 11 is 0. The first-order chi connectivity index (χ1) is 9.13. The predicted molar refractivity (Wildman–Crippen MR) is 79.6 cm³/mol. The van der Waals surface area contributed by atoms with Gasteiger partial charge in [-0.2, -0.15) is 0 Å². The topological polar surface area (TPSA) is 27.7 Å². The van der Waals surface area contributed by atoms with E-state index in [-0.39, 0.29) is 0 Å². The Hall–Kier alpha value is -0.160. The molecular weight excluding hydrogens is 238 g/mol. The molecule has 1 saturated heterocycles. The van der Waals surface area contributed by atoms with Crippen LogP contribution in [0.15, 0.2) is 0 Å². The maximum atomic E-state index is 6.12. The third kappa shape index (κ3) is 6.21. The number of nitrogens with zero attached hydrogens (tertiary/aromatic N) is 2. The van der Waals surface area contributed by atoms with Gasteiger partial charge in [-0.15, -0.1) is 0 Å². The Labute approximate surface area is 118 Å². The van der Waals surface area contributed by atoms with Gasteiger partial charge in [0.2, 0.25) is 0 Å². The van der Waals surface area contributed by atoms with Crippen molar-refractivity contribution in [2.24, 2.45) is 0 Å². The van der Waals surface area contributed by atoms with E-state index in [0.717, 1.165) is 19.1 Å². The highest BCUT2D eigenvalue weighted by Crippen LogP contribution is 2.22.